The van der Waals surface area contributed by atoms with Crippen molar-refractivity contribution < 1.29 is 4.79 Å². The van der Waals surface area contributed by atoms with E-state index in [0.717, 1.165) is 32.2 Å². The topological polar surface area (TPSA) is 44.1 Å². The van der Waals surface area contributed by atoms with E-state index in [1.165, 1.54) is 12.8 Å². The number of carbonyl (C=O) groups excluding carboxylic acids is 1. The molecule has 0 bridgehead atoms. The molecule has 1 aliphatic rings. The molecule has 0 saturated carbocycles. The molecule has 1 saturated heterocycles. The van der Waals surface area contributed by atoms with Crippen LogP contribution in [0.4, 0.5) is 0 Å². The highest BCUT2D eigenvalue weighted by atomic mass is 16.2. The molecule has 0 spiro atoms. The van der Waals surface area contributed by atoms with Crippen LogP contribution < -0.4 is 0 Å². The molecule has 0 radical (unpaired) electrons. The van der Waals surface area contributed by atoms with Crippen molar-refractivity contribution in [1.29, 1.82) is 5.26 Å². The first-order valence-electron chi connectivity index (χ1n) is 5.98. The Labute approximate surface area is 92.1 Å². The summed E-state index contributed by atoms with van der Waals surface area (Å²) in [5.74, 6) is 0.176. The lowest BCUT2D eigenvalue weighted by molar-refractivity contribution is -0.131. The Hall–Kier alpha value is -1.04. The summed E-state index contributed by atoms with van der Waals surface area (Å²) in [6.45, 7) is 2.94. The number of rotatable bonds is 5. The molecule has 1 fully saturated rings. The van der Waals surface area contributed by atoms with Gasteiger partial charge in [-0.05, 0) is 19.3 Å². The van der Waals surface area contributed by atoms with E-state index in [1.54, 1.807) is 4.90 Å². The van der Waals surface area contributed by atoms with Gasteiger partial charge >= 0.3 is 0 Å². The van der Waals surface area contributed by atoms with E-state index in [0.29, 0.717) is 6.42 Å². The maximum Gasteiger partial charge on any atom is 0.223 e. The minimum Gasteiger partial charge on any atom is -0.327 e. The monoisotopic (exact) mass is 208 g/mol. The van der Waals surface area contributed by atoms with Crippen LogP contribution in [0.2, 0.25) is 0 Å². The van der Waals surface area contributed by atoms with Crippen LogP contribution in [-0.2, 0) is 4.79 Å². The van der Waals surface area contributed by atoms with Gasteiger partial charge in [-0.15, -0.1) is 0 Å². The Balaban J connectivity index is 2.25. The van der Waals surface area contributed by atoms with E-state index >= 15 is 0 Å². The Morgan fingerprint density at radius 3 is 2.93 bits per heavy atom. The van der Waals surface area contributed by atoms with Crippen LogP contribution in [-0.4, -0.2) is 23.4 Å². The first kappa shape index (κ1) is 12.0. The minimum atomic E-state index is -0.149. The molecule has 1 unspecified atom stereocenters. The maximum absolute atomic E-state index is 11.8. The SMILES string of the molecule is CCCCCCC(=O)N1CCCC1C#N. The number of hydrogen-bond acceptors (Lipinski definition) is 2. The van der Waals surface area contributed by atoms with Gasteiger partial charge < -0.3 is 4.90 Å². The molecule has 0 aliphatic carbocycles. The third-order valence-corrected chi connectivity index (χ3v) is 2.97. The van der Waals surface area contributed by atoms with Gasteiger partial charge in [0.2, 0.25) is 5.91 Å². The normalized spacial score (nSPS) is 20.3. The molecule has 1 rings (SSSR count). The van der Waals surface area contributed by atoms with E-state index in [-0.39, 0.29) is 11.9 Å². The van der Waals surface area contributed by atoms with Crippen LogP contribution in [0.1, 0.15) is 51.9 Å². The summed E-state index contributed by atoms with van der Waals surface area (Å²) in [6, 6.07) is 2.05. The van der Waals surface area contributed by atoms with Gasteiger partial charge in [0, 0.05) is 13.0 Å². The van der Waals surface area contributed by atoms with Gasteiger partial charge in [0.1, 0.15) is 6.04 Å². The van der Waals surface area contributed by atoms with Crippen molar-refractivity contribution in [2.24, 2.45) is 0 Å². The fourth-order valence-corrected chi connectivity index (χ4v) is 2.05. The van der Waals surface area contributed by atoms with Crippen LogP contribution >= 0.6 is 0 Å². The molecular formula is C12H20N2O. The number of likely N-dealkylation sites (tertiary alicyclic amines) is 1. The highest BCUT2D eigenvalue weighted by Gasteiger charge is 2.27. The second-order valence-corrected chi connectivity index (χ2v) is 4.18. The molecule has 1 amide bonds. The summed E-state index contributed by atoms with van der Waals surface area (Å²) in [4.78, 5) is 13.5. The molecule has 0 aromatic carbocycles. The van der Waals surface area contributed by atoms with Crippen LogP contribution in [0.3, 0.4) is 0 Å². The highest BCUT2D eigenvalue weighted by Crippen LogP contribution is 2.18. The first-order valence-corrected chi connectivity index (χ1v) is 5.98. The van der Waals surface area contributed by atoms with Gasteiger partial charge in [-0.3, -0.25) is 4.79 Å². The van der Waals surface area contributed by atoms with Gasteiger partial charge in [0.15, 0.2) is 0 Å². The van der Waals surface area contributed by atoms with Crippen molar-refractivity contribution in [1.82, 2.24) is 4.90 Å². The molecule has 0 N–H and O–H groups in total. The van der Waals surface area contributed by atoms with Crippen LogP contribution in [0.5, 0.6) is 0 Å². The lowest BCUT2D eigenvalue weighted by atomic mass is 10.1. The zero-order valence-corrected chi connectivity index (χ0v) is 9.54. The van der Waals surface area contributed by atoms with Crippen molar-refractivity contribution in [3.05, 3.63) is 0 Å². The average Bonchev–Trinajstić information content (AvgIpc) is 2.72. The fourth-order valence-electron chi connectivity index (χ4n) is 2.05. The Morgan fingerprint density at radius 2 is 2.27 bits per heavy atom. The molecule has 1 atom stereocenters. The standard InChI is InChI=1S/C12H20N2O/c1-2-3-4-5-8-12(15)14-9-6-7-11(14)10-13/h11H,2-9H2,1H3. The number of amides is 1. The Kier molecular flexibility index (Phi) is 5.17. The van der Waals surface area contributed by atoms with Crippen molar-refractivity contribution in [3.63, 3.8) is 0 Å². The Bertz CT molecular complexity index is 244. The average molecular weight is 208 g/mol. The van der Waals surface area contributed by atoms with Gasteiger partial charge in [-0.2, -0.15) is 5.26 Å². The van der Waals surface area contributed by atoms with Crippen LogP contribution in [0.25, 0.3) is 0 Å². The predicted molar refractivity (Wildman–Crippen MR) is 59.1 cm³/mol. The van der Waals surface area contributed by atoms with E-state index in [4.69, 9.17) is 5.26 Å². The molecular weight excluding hydrogens is 188 g/mol. The largest absolute Gasteiger partial charge is 0.327 e. The summed E-state index contributed by atoms with van der Waals surface area (Å²) in [6.07, 6.45) is 6.97. The predicted octanol–water partition coefficient (Wildman–Crippen LogP) is 2.47. The molecule has 3 nitrogen and oxygen atoms in total. The molecule has 1 aliphatic heterocycles. The lowest BCUT2D eigenvalue weighted by Gasteiger charge is -2.19. The second-order valence-electron chi connectivity index (χ2n) is 4.18. The highest BCUT2D eigenvalue weighted by molar-refractivity contribution is 5.77. The number of unbranched alkanes of at least 4 members (excludes halogenated alkanes) is 3. The number of nitrogens with zero attached hydrogens (tertiary/aromatic N) is 2. The lowest BCUT2D eigenvalue weighted by Crippen LogP contribution is -2.34. The number of carbonyl (C=O) groups is 1. The molecule has 84 valence electrons. The molecule has 1 heterocycles. The van der Waals surface area contributed by atoms with E-state index in [9.17, 15) is 4.79 Å². The van der Waals surface area contributed by atoms with E-state index in [2.05, 4.69) is 13.0 Å². The van der Waals surface area contributed by atoms with Gasteiger partial charge in [0.05, 0.1) is 6.07 Å². The smallest absolute Gasteiger partial charge is 0.223 e. The summed E-state index contributed by atoms with van der Waals surface area (Å²) < 4.78 is 0. The number of nitriles is 1. The van der Waals surface area contributed by atoms with Crippen LogP contribution in [0.15, 0.2) is 0 Å². The van der Waals surface area contributed by atoms with Gasteiger partial charge in [0.25, 0.3) is 0 Å². The first-order chi connectivity index (χ1) is 7.29. The summed E-state index contributed by atoms with van der Waals surface area (Å²) in [5, 5.41) is 8.85. The summed E-state index contributed by atoms with van der Waals surface area (Å²) in [7, 11) is 0. The molecule has 3 heteroatoms. The maximum atomic E-state index is 11.8. The molecule has 0 aromatic rings. The van der Waals surface area contributed by atoms with Gasteiger partial charge in [-0.1, -0.05) is 26.2 Å². The zero-order chi connectivity index (χ0) is 11.1. The van der Waals surface area contributed by atoms with Gasteiger partial charge in [-0.25, -0.2) is 0 Å². The van der Waals surface area contributed by atoms with Crippen LogP contribution in [0, 0.1) is 11.3 Å². The Morgan fingerprint density at radius 1 is 1.47 bits per heavy atom. The van der Waals surface area contributed by atoms with Crippen molar-refractivity contribution >= 4 is 5.91 Å². The van der Waals surface area contributed by atoms with Crippen molar-refractivity contribution in [3.8, 4) is 6.07 Å². The molecule has 0 aromatic heterocycles. The molecule has 15 heavy (non-hydrogen) atoms. The second kappa shape index (κ2) is 6.44. The van der Waals surface area contributed by atoms with E-state index in [1.807, 2.05) is 0 Å². The summed E-state index contributed by atoms with van der Waals surface area (Å²) in [5.41, 5.74) is 0. The minimum absolute atomic E-state index is 0.149. The number of hydrogen-bond donors (Lipinski definition) is 0. The third kappa shape index (κ3) is 3.54. The fraction of sp³-hybridized carbons (Fsp3) is 0.833. The van der Waals surface area contributed by atoms with Crippen molar-refractivity contribution in [2.45, 2.75) is 57.9 Å². The quantitative estimate of drug-likeness (QED) is 0.651. The third-order valence-electron chi connectivity index (χ3n) is 2.97. The van der Waals surface area contributed by atoms with E-state index < -0.39 is 0 Å². The summed E-state index contributed by atoms with van der Waals surface area (Å²) >= 11 is 0. The zero-order valence-electron chi connectivity index (χ0n) is 9.54. The van der Waals surface area contributed by atoms with Crippen molar-refractivity contribution in [2.75, 3.05) is 6.54 Å².